The van der Waals surface area contributed by atoms with Crippen molar-refractivity contribution in [3.63, 3.8) is 0 Å². The van der Waals surface area contributed by atoms with Gasteiger partial charge in [0, 0.05) is 51.9 Å². The van der Waals surface area contributed by atoms with E-state index >= 15 is 0 Å². The standard InChI is InChI=1S/C14H22N4OS3/c1-16(2)14(20)22-11-13(19)18-6-3-5-17(7-8-18)10-12-15-4-9-21-12/h4,9H,3,5-8,10-11H2,1-2H3. The molecule has 22 heavy (non-hydrogen) atoms. The zero-order chi connectivity index (χ0) is 15.9. The van der Waals surface area contributed by atoms with E-state index in [1.54, 1.807) is 11.3 Å². The number of carbonyl (C=O) groups excluding carboxylic acids is 1. The van der Waals surface area contributed by atoms with Gasteiger partial charge in [-0.1, -0.05) is 24.0 Å². The summed E-state index contributed by atoms with van der Waals surface area (Å²) in [7, 11) is 3.81. The van der Waals surface area contributed by atoms with Crippen LogP contribution in [0.1, 0.15) is 11.4 Å². The van der Waals surface area contributed by atoms with Crippen molar-refractivity contribution >= 4 is 45.5 Å². The van der Waals surface area contributed by atoms with Gasteiger partial charge in [0.2, 0.25) is 5.91 Å². The lowest BCUT2D eigenvalue weighted by Gasteiger charge is -2.22. The summed E-state index contributed by atoms with van der Waals surface area (Å²) in [6.07, 6.45) is 2.86. The highest BCUT2D eigenvalue weighted by molar-refractivity contribution is 8.23. The SMILES string of the molecule is CN(C)C(=S)SCC(=O)N1CCCN(Cc2nccs2)CC1. The van der Waals surface area contributed by atoms with Crippen LogP contribution in [-0.2, 0) is 11.3 Å². The Morgan fingerprint density at radius 1 is 1.41 bits per heavy atom. The molecule has 1 aromatic rings. The predicted molar refractivity (Wildman–Crippen MR) is 97.3 cm³/mol. The Hall–Kier alpha value is -0.700. The van der Waals surface area contributed by atoms with Crippen molar-refractivity contribution in [1.29, 1.82) is 0 Å². The smallest absolute Gasteiger partial charge is 0.233 e. The third-order valence-corrected chi connectivity index (χ3v) is 5.95. The maximum absolute atomic E-state index is 12.3. The van der Waals surface area contributed by atoms with Crippen molar-refractivity contribution < 1.29 is 4.79 Å². The Kier molecular flexibility index (Phi) is 7.07. The van der Waals surface area contributed by atoms with Crippen LogP contribution in [0.5, 0.6) is 0 Å². The maximum Gasteiger partial charge on any atom is 0.233 e. The molecule has 0 radical (unpaired) electrons. The van der Waals surface area contributed by atoms with E-state index in [0.717, 1.165) is 48.5 Å². The van der Waals surface area contributed by atoms with E-state index in [4.69, 9.17) is 12.2 Å². The van der Waals surface area contributed by atoms with E-state index in [-0.39, 0.29) is 5.91 Å². The number of amides is 1. The molecule has 1 aromatic heterocycles. The molecule has 1 aliphatic rings. The quantitative estimate of drug-likeness (QED) is 0.764. The van der Waals surface area contributed by atoms with Crippen LogP contribution >= 0.6 is 35.3 Å². The number of hydrogen-bond donors (Lipinski definition) is 0. The van der Waals surface area contributed by atoms with E-state index in [1.807, 2.05) is 35.5 Å². The van der Waals surface area contributed by atoms with Crippen molar-refractivity contribution in [1.82, 2.24) is 19.7 Å². The molecule has 0 atom stereocenters. The molecule has 1 aliphatic heterocycles. The number of aromatic nitrogens is 1. The number of hydrogen-bond acceptors (Lipinski definition) is 6. The molecule has 0 saturated carbocycles. The highest BCUT2D eigenvalue weighted by atomic mass is 32.2. The second kappa shape index (κ2) is 8.81. The molecule has 2 rings (SSSR count). The largest absolute Gasteiger partial charge is 0.364 e. The second-order valence-corrected chi connectivity index (χ2v) is 7.97. The third kappa shape index (κ3) is 5.49. The van der Waals surface area contributed by atoms with Crippen molar-refractivity contribution in [3.8, 4) is 0 Å². The summed E-state index contributed by atoms with van der Waals surface area (Å²) < 4.78 is 0.758. The average Bonchev–Trinajstić information content (AvgIpc) is 2.89. The molecular formula is C14H22N4OS3. The lowest BCUT2D eigenvalue weighted by molar-refractivity contribution is -0.128. The van der Waals surface area contributed by atoms with Crippen molar-refractivity contribution in [2.24, 2.45) is 0 Å². The molecule has 8 heteroatoms. The van der Waals surface area contributed by atoms with Crippen LogP contribution in [-0.4, -0.2) is 75.9 Å². The first-order valence-electron chi connectivity index (χ1n) is 7.29. The Morgan fingerprint density at radius 2 is 2.23 bits per heavy atom. The molecule has 0 aromatic carbocycles. The van der Waals surface area contributed by atoms with E-state index in [9.17, 15) is 4.79 Å². The van der Waals surface area contributed by atoms with Gasteiger partial charge in [-0.25, -0.2) is 4.98 Å². The summed E-state index contributed by atoms with van der Waals surface area (Å²) in [5.74, 6) is 0.619. The highest BCUT2D eigenvalue weighted by Gasteiger charge is 2.20. The fourth-order valence-corrected chi connectivity index (χ4v) is 3.77. The predicted octanol–water partition coefficient (Wildman–Crippen LogP) is 1.76. The minimum Gasteiger partial charge on any atom is -0.364 e. The number of thioether (sulfide) groups is 1. The monoisotopic (exact) mass is 358 g/mol. The van der Waals surface area contributed by atoms with Crippen molar-refractivity contribution in [3.05, 3.63) is 16.6 Å². The molecule has 0 bridgehead atoms. The minimum absolute atomic E-state index is 0.185. The first-order valence-corrected chi connectivity index (χ1v) is 9.56. The van der Waals surface area contributed by atoms with Gasteiger partial charge in [0.15, 0.2) is 0 Å². The van der Waals surface area contributed by atoms with E-state index in [0.29, 0.717) is 5.75 Å². The zero-order valence-corrected chi connectivity index (χ0v) is 15.5. The molecule has 1 saturated heterocycles. The molecule has 0 aliphatic carbocycles. The summed E-state index contributed by atoms with van der Waals surface area (Å²) in [6, 6.07) is 0. The van der Waals surface area contributed by atoms with Crippen LogP contribution in [0.15, 0.2) is 11.6 Å². The van der Waals surface area contributed by atoms with Gasteiger partial charge in [0.05, 0.1) is 12.3 Å². The summed E-state index contributed by atoms with van der Waals surface area (Å²) >= 11 is 8.34. The molecule has 1 fully saturated rings. The zero-order valence-electron chi connectivity index (χ0n) is 13.0. The molecule has 122 valence electrons. The van der Waals surface area contributed by atoms with Crippen LogP contribution < -0.4 is 0 Å². The van der Waals surface area contributed by atoms with E-state index < -0.39 is 0 Å². The average molecular weight is 359 g/mol. The molecular weight excluding hydrogens is 336 g/mol. The molecule has 0 unspecified atom stereocenters. The lowest BCUT2D eigenvalue weighted by atomic mass is 10.4. The fraction of sp³-hybridized carbons (Fsp3) is 0.643. The van der Waals surface area contributed by atoms with E-state index in [1.165, 1.54) is 11.8 Å². The third-order valence-electron chi connectivity index (χ3n) is 3.47. The van der Waals surface area contributed by atoms with Crippen molar-refractivity contribution in [2.75, 3.05) is 46.0 Å². The Balaban J connectivity index is 1.77. The molecule has 1 amide bonds. The minimum atomic E-state index is 0.185. The van der Waals surface area contributed by atoms with Gasteiger partial charge < -0.3 is 9.80 Å². The molecule has 5 nitrogen and oxygen atoms in total. The highest BCUT2D eigenvalue weighted by Crippen LogP contribution is 2.13. The fourth-order valence-electron chi connectivity index (χ4n) is 2.24. The van der Waals surface area contributed by atoms with Crippen molar-refractivity contribution in [2.45, 2.75) is 13.0 Å². The first kappa shape index (κ1) is 17.7. The van der Waals surface area contributed by atoms with E-state index in [2.05, 4.69) is 9.88 Å². The summed E-state index contributed by atoms with van der Waals surface area (Å²) in [6.45, 7) is 4.45. The van der Waals surface area contributed by atoms with Gasteiger partial charge in [0.1, 0.15) is 9.33 Å². The lowest BCUT2D eigenvalue weighted by Crippen LogP contribution is -2.36. The molecule has 2 heterocycles. The summed E-state index contributed by atoms with van der Waals surface area (Å²) in [4.78, 5) is 22.8. The number of thiocarbonyl (C=S) groups is 1. The Bertz CT molecular complexity index is 492. The van der Waals surface area contributed by atoms with Crippen LogP contribution in [0, 0.1) is 0 Å². The summed E-state index contributed by atoms with van der Waals surface area (Å²) in [5.41, 5.74) is 0. The topological polar surface area (TPSA) is 39.7 Å². The second-order valence-electron chi connectivity index (χ2n) is 5.39. The van der Waals surface area contributed by atoms with Crippen LogP contribution in [0.25, 0.3) is 0 Å². The van der Waals surface area contributed by atoms with Crippen LogP contribution in [0.3, 0.4) is 0 Å². The normalized spacial score (nSPS) is 16.4. The van der Waals surface area contributed by atoms with Gasteiger partial charge in [-0.3, -0.25) is 9.69 Å². The van der Waals surface area contributed by atoms with Gasteiger partial charge in [0.25, 0.3) is 0 Å². The van der Waals surface area contributed by atoms with Crippen LogP contribution in [0.4, 0.5) is 0 Å². The van der Waals surface area contributed by atoms with Gasteiger partial charge >= 0.3 is 0 Å². The Labute approximate surface area is 145 Å². The van der Waals surface area contributed by atoms with Crippen LogP contribution in [0.2, 0.25) is 0 Å². The Morgan fingerprint density at radius 3 is 2.91 bits per heavy atom. The number of thiazole rings is 1. The number of nitrogens with zero attached hydrogens (tertiary/aromatic N) is 4. The molecule has 0 N–H and O–H groups in total. The van der Waals surface area contributed by atoms with Gasteiger partial charge in [-0.2, -0.15) is 0 Å². The van der Waals surface area contributed by atoms with Gasteiger partial charge in [-0.05, 0) is 6.42 Å². The summed E-state index contributed by atoms with van der Waals surface area (Å²) in [5, 5.41) is 3.15. The molecule has 0 spiro atoms. The first-order chi connectivity index (χ1) is 10.6. The number of rotatable bonds is 4. The maximum atomic E-state index is 12.3. The van der Waals surface area contributed by atoms with Gasteiger partial charge in [-0.15, -0.1) is 11.3 Å². The number of carbonyl (C=O) groups is 1.